The molecule has 16 heavy (non-hydrogen) atoms. The molecule has 1 aromatic carbocycles. The number of aliphatic hydroxyl groups is 1. The summed E-state index contributed by atoms with van der Waals surface area (Å²) in [6.45, 7) is 1.93. The van der Waals surface area contributed by atoms with Crippen LogP contribution in [-0.4, -0.2) is 24.4 Å². The van der Waals surface area contributed by atoms with Gasteiger partial charge in [-0.05, 0) is 24.1 Å². The molecule has 2 unspecified atom stereocenters. The van der Waals surface area contributed by atoms with Gasteiger partial charge in [0.2, 0.25) is 0 Å². The van der Waals surface area contributed by atoms with Gasteiger partial charge in [0.15, 0.2) is 0 Å². The lowest BCUT2D eigenvalue weighted by Crippen LogP contribution is -2.29. The second-order valence-electron chi connectivity index (χ2n) is 3.70. The van der Waals surface area contributed by atoms with E-state index in [1.54, 1.807) is 13.2 Å². The third-order valence-corrected chi connectivity index (χ3v) is 2.87. The second-order valence-corrected chi connectivity index (χ2v) is 4.11. The number of aliphatic hydroxyl groups excluding tert-OH is 1. The van der Waals surface area contributed by atoms with E-state index in [-0.39, 0.29) is 11.1 Å². The molecule has 0 fully saturated rings. The lowest BCUT2D eigenvalue weighted by Gasteiger charge is -2.20. The molecule has 0 amide bonds. The summed E-state index contributed by atoms with van der Waals surface area (Å²) in [6, 6.07) is 4.54. The standard InChI is InChI=1S/C12H16ClFO2/c1-3-12(16-2)11(15)7-8-4-5-9(13)10(14)6-8/h4-6,11-12,15H,3,7H2,1-2H3. The summed E-state index contributed by atoms with van der Waals surface area (Å²) in [5, 5.41) is 9.94. The fourth-order valence-corrected chi connectivity index (χ4v) is 1.75. The SMILES string of the molecule is CCC(OC)C(O)Cc1ccc(Cl)c(F)c1. The maximum absolute atomic E-state index is 13.1. The van der Waals surface area contributed by atoms with Crippen molar-refractivity contribution in [3.05, 3.63) is 34.6 Å². The first kappa shape index (κ1) is 13.4. The van der Waals surface area contributed by atoms with Gasteiger partial charge in [-0.25, -0.2) is 4.39 Å². The number of methoxy groups -OCH3 is 1. The van der Waals surface area contributed by atoms with E-state index >= 15 is 0 Å². The van der Waals surface area contributed by atoms with Gasteiger partial charge >= 0.3 is 0 Å². The third kappa shape index (κ3) is 3.44. The minimum atomic E-state index is -0.629. The molecule has 2 atom stereocenters. The van der Waals surface area contributed by atoms with Crippen molar-refractivity contribution >= 4 is 11.6 Å². The van der Waals surface area contributed by atoms with Crippen LogP contribution in [0.5, 0.6) is 0 Å². The Hall–Kier alpha value is -0.640. The van der Waals surface area contributed by atoms with Crippen molar-refractivity contribution in [2.24, 2.45) is 0 Å². The largest absolute Gasteiger partial charge is 0.390 e. The molecule has 0 aromatic heterocycles. The van der Waals surface area contributed by atoms with Gasteiger partial charge in [-0.3, -0.25) is 0 Å². The second kappa shape index (κ2) is 6.18. The number of rotatable bonds is 5. The quantitative estimate of drug-likeness (QED) is 0.866. The van der Waals surface area contributed by atoms with E-state index in [1.165, 1.54) is 12.1 Å². The molecule has 0 heterocycles. The summed E-state index contributed by atoms with van der Waals surface area (Å²) in [5.74, 6) is -0.461. The van der Waals surface area contributed by atoms with Crippen LogP contribution in [-0.2, 0) is 11.2 Å². The Labute approximate surface area is 100.0 Å². The maximum Gasteiger partial charge on any atom is 0.142 e. The van der Waals surface area contributed by atoms with E-state index in [4.69, 9.17) is 16.3 Å². The Morgan fingerprint density at radius 3 is 2.69 bits per heavy atom. The van der Waals surface area contributed by atoms with Crippen molar-refractivity contribution in [2.45, 2.75) is 32.0 Å². The number of hydrogen-bond acceptors (Lipinski definition) is 2. The average molecular weight is 247 g/mol. The van der Waals surface area contributed by atoms with E-state index in [0.717, 1.165) is 0 Å². The summed E-state index contributed by atoms with van der Waals surface area (Å²) in [4.78, 5) is 0. The first-order chi connectivity index (χ1) is 7.58. The summed E-state index contributed by atoms with van der Waals surface area (Å²) in [5.41, 5.74) is 0.713. The van der Waals surface area contributed by atoms with Crippen LogP contribution in [0.25, 0.3) is 0 Å². The molecule has 1 N–H and O–H groups in total. The highest BCUT2D eigenvalue weighted by molar-refractivity contribution is 6.30. The van der Waals surface area contributed by atoms with Crippen LogP contribution in [0.3, 0.4) is 0 Å². The topological polar surface area (TPSA) is 29.5 Å². The van der Waals surface area contributed by atoms with E-state index < -0.39 is 11.9 Å². The minimum absolute atomic E-state index is 0.0945. The van der Waals surface area contributed by atoms with Gasteiger partial charge in [0.25, 0.3) is 0 Å². The smallest absolute Gasteiger partial charge is 0.142 e. The van der Waals surface area contributed by atoms with E-state index in [1.807, 2.05) is 6.92 Å². The molecule has 1 aromatic rings. The molecule has 0 radical (unpaired) electrons. The number of benzene rings is 1. The number of halogens is 2. The lowest BCUT2D eigenvalue weighted by atomic mass is 10.0. The molecule has 1 rings (SSSR count). The van der Waals surface area contributed by atoms with Gasteiger partial charge in [0, 0.05) is 13.5 Å². The Balaban J connectivity index is 2.69. The molecule has 0 spiro atoms. The van der Waals surface area contributed by atoms with E-state index in [0.29, 0.717) is 18.4 Å². The lowest BCUT2D eigenvalue weighted by molar-refractivity contribution is -0.0128. The maximum atomic E-state index is 13.1. The molecular formula is C12H16ClFO2. The third-order valence-electron chi connectivity index (χ3n) is 2.56. The van der Waals surface area contributed by atoms with Crippen LogP contribution in [0.15, 0.2) is 18.2 Å². The van der Waals surface area contributed by atoms with Crippen molar-refractivity contribution in [1.82, 2.24) is 0 Å². The fraction of sp³-hybridized carbons (Fsp3) is 0.500. The van der Waals surface area contributed by atoms with Crippen molar-refractivity contribution in [3.8, 4) is 0 Å². The number of hydrogen-bond donors (Lipinski definition) is 1. The van der Waals surface area contributed by atoms with E-state index in [2.05, 4.69) is 0 Å². The summed E-state index contributed by atoms with van der Waals surface area (Å²) >= 11 is 5.57. The predicted octanol–water partition coefficient (Wildman–Crippen LogP) is 2.81. The first-order valence-corrected chi connectivity index (χ1v) is 5.61. The zero-order valence-corrected chi connectivity index (χ0v) is 10.2. The monoisotopic (exact) mass is 246 g/mol. The van der Waals surface area contributed by atoms with Crippen LogP contribution in [0, 0.1) is 5.82 Å². The molecule has 0 aliphatic carbocycles. The summed E-state index contributed by atoms with van der Waals surface area (Å²) < 4.78 is 18.3. The van der Waals surface area contributed by atoms with Crippen molar-refractivity contribution in [3.63, 3.8) is 0 Å². The molecule has 0 bridgehead atoms. The molecule has 90 valence electrons. The van der Waals surface area contributed by atoms with Crippen LogP contribution in [0.4, 0.5) is 4.39 Å². The fourth-order valence-electron chi connectivity index (χ4n) is 1.64. The molecule has 0 aliphatic heterocycles. The van der Waals surface area contributed by atoms with Crippen LogP contribution in [0.2, 0.25) is 5.02 Å². The van der Waals surface area contributed by atoms with Crippen molar-refractivity contribution in [2.75, 3.05) is 7.11 Å². The predicted molar refractivity (Wildman–Crippen MR) is 62.2 cm³/mol. The minimum Gasteiger partial charge on any atom is -0.390 e. The van der Waals surface area contributed by atoms with Gasteiger partial charge in [-0.2, -0.15) is 0 Å². The molecule has 2 nitrogen and oxygen atoms in total. The Bertz CT molecular complexity index is 340. The Kier molecular flexibility index (Phi) is 5.19. The molecule has 0 saturated carbocycles. The number of ether oxygens (including phenoxy) is 1. The van der Waals surface area contributed by atoms with Crippen molar-refractivity contribution in [1.29, 1.82) is 0 Å². The first-order valence-electron chi connectivity index (χ1n) is 5.23. The molecular weight excluding hydrogens is 231 g/mol. The zero-order chi connectivity index (χ0) is 12.1. The van der Waals surface area contributed by atoms with Crippen molar-refractivity contribution < 1.29 is 14.2 Å². The van der Waals surface area contributed by atoms with E-state index in [9.17, 15) is 9.50 Å². The van der Waals surface area contributed by atoms with Gasteiger partial charge in [-0.15, -0.1) is 0 Å². The van der Waals surface area contributed by atoms with Gasteiger partial charge in [0.1, 0.15) is 5.82 Å². The summed E-state index contributed by atoms with van der Waals surface area (Å²) in [7, 11) is 1.56. The van der Waals surface area contributed by atoms with Gasteiger partial charge in [0.05, 0.1) is 17.2 Å². The van der Waals surface area contributed by atoms with Crippen LogP contribution in [0.1, 0.15) is 18.9 Å². The van der Waals surface area contributed by atoms with Crippen LogP contribution >= 0.6 is 11.6 Å². The van der Waals surface area contributed by atoms with Gasteiger partial charge < -0.3 is 9.84 Å². The molecule has 4 heteroatoms. The van der Waals surface area contributed by atoms with Gasteiger partial charge in [-0.1, -0.05) is 24.6 Å². The normalized spacial score (nSPS) is 14.8. The Morgan fingerprint density at radius 2 is 2.19 bits per heavy atom. The highest BCUT2D eigenvalue weighted by atomic mass is 35.5. The average Bonchev–Trinajstić information content (AvgIpc) is 2.25. The molecule has 0 saturated heterocycles. The summed E-state index contributed by atoms with van der Waals surface area (Å²) in [6.07, 6.45) is 0.225. The zero-order valence-electron chi connectivity index (χ0n) is 9.41. The Morgan fingerprint density at radius 1 is 1.50 bits per heavy atom. The molecule has 0 aliphatic rings. The highest BCUT2D eigenvalue weighted by Gasteiger charge is 2.17. The highest BCUT2D eigenvalue weighted by Crippen LogP contribution is 2.18. The van der Waals surface area contributed by atoms with Crippen LogP contribution < -0.4 is 0 Å².